The molecule has 1 aliphatic rings. The molecule has 1 rings (SSSR count). The van der Waals surface area contributed by atoms with Gasteiger partial charge in [0.05, 0.1) is 5.92 Å². The lowest BCUT2D eigenvalue weighted by Gasteiger charge is -1.97. The van der Waals surface area contributed by atoms with Crippen LogP contribution >= 0.6 is 0 Å². The van der Waals surface area contributed by atoms with Crippen molar-refractivity contribution in [2.45, 2.75) is 19.4 Å². The van der Waals surface area contributed by atoms with E-state index in [2.05, 4.69) is 6.58 Å². The van der Waals surface area contributed by atoms with Gasteiger partial charge in [-0.15, -0.1) is 0 Å². The lowest BCUT2D eigenvalue weighted by Crippen LogP contribution is -2.02. The summed E-state index contributed by atoms with van der Waals surface area (Å²) in [5.41, 5.74) is 0. The lowest BCUT2D eigenvalue weighted by atomic mass is 10.1. The highest BCUT2D eigenvalue weighted by Gasteiger charge is 2.28. The summed E-state index contributed by atoms with van der Waals surface area (Å²) in [7, 11) is 0. The van der Waals surface area contributed by atoms with E-state index >= 15 is 0 Å². The molecule has 1 heterocycles. The lowest BCUT2D eigenvalue weighted by molar-refractivity contribution is -0.142. The average Bonchev–Trinajstić information content (AvgIpc) is 2.13. The molecule has 0 aromatic rings. The van der Waals surface area contributed by atoms with E-state index in [0.717, 1.165) is 6.42 Å². The zero-order valence-electron chi connectivity index (χ0n) is 5.46. The van der Waals surface area contributed by atoms with Crippen molar-refractivity contribution < 1.29 is 9.53 Å². The maximum Gasteiger partial charge on any atom is 0.309 e. The van der Waals surface area contributed by atoms with Crippen molar-refractivity contribution in [2.24, 2.45) is 5.92 Å². The van der Waals surface area contributed by atoms with Gasteiger partial charge in [0.15, 0.2) is 0 Å². The van der Waals surface area contributed by atoms with Crippen LogP contribution in [0.15, 0.2) is 12.7 Å². The molecule has 50 valence electrons. The summed E-state index contributed by atoms with van der Waals surface area (Å²) in [6.07, 6.45) is 2.43. The van der Waals surface area contributed by atoms with Crippen molar-refractivity contribution >= 4 is 5.97 Å². The molecule has 2 unspecified atom stereocenters. The van der Waals surface area contributed by atoms with Gasteiger partial charge in [0.25, 0.3) is 0 Å². The molecule has 0 amide bonds. The van der Waals surface area contributed by atoms with Crippen LogP contribution in [-0.4, -0.2) is 12.1 Å². The first-order chi connectivity index (χ1) is 4.24. The van der Waals surface area contributed by atoms with Gasteiger partial charge in [0.2, 0.25) is 0 Å². The number of cyclic esters (lactones) is 1. The number of ether oxygens (including phenoxy) is 1. The first-order valence-electron chi connectivity index (χ1n) is 3.07. The van der Waals surface area contributed by atoms with E-state index in [9.17, 15) is 4.79 Å². The second kappa shape index (κ2) is 2.21. The second-order valence-electron chi connectivity index (χ2n) is 2.35. The fourth-order valence-corrected chi connectivity index (χ4v) is 0.902. The van der Waals surface area contributed by atoms with Gasteiger partial charge in [-0.1, -0.05) is 19.6 Å². The van der Waals surface area contributed by atoms with E-state index in [-0.39, 0.29) is 18.0 Å². The third kappa shape index (κ3) is 1.12. The molecule has 0 bridgehead atoms. The fourth-order valence-electron chi connectivity index (χ4n) is 0.902. The summed E-state index contributed by atoms with van der Waals surface area (Å²) in [6.45, 7) is 5.40. The topological polar surface area (TPSA) is 26.3 Å². The largest absolute Gasteiger partial charge is 0.458 e. The highest BCUT2D eigenvalue weighted by molar-refractivity contribution is 5.74. The molecular formula is C7H10O2. The van der Waals surface area contributed by atoms with Crippen LogP contribution in [0.2, 0.25) is 0 Å². The van der Waals surface area contributed by atoms with Crippen molar-refractivity contribution in [3.05, 3.63) is 12.7 Å². The minimum absolute atomic E-state index is 0.0347. The molecule has 0 aromatic heterocycles. The van der Waals surface area contributed by atoms with Crippen molar-refractivity contribution in [3.8, 4) is 0 Å². The van der Waals surface area contributed by atoms with Crippen LogP contribution in [-0.2, 0) is 9.53 Å². The zero-order chi connectivity index (χ0) is 6.85. The summed E-state index contributed by atoms with van der Waals surface area (Å²) < 4.78 is 4.87. The Kier molecular flexibility index (Phi) is 1.56. The Labute approximate surface area is 54.5 Å². The number of hydrogen-bond donors (Lipinski definition) is 0. The minimum atomic E-state index is -0.0973. The van der Waals surface area contributed by atoms with E-state index in [1.165, 1.54) is 0 Å². The van der Waals surface area contributed by atoms with Crippen molar-refractivity contribution in [1.82, 2.24) is 0 Å². The molecule has 0 saturated carbocycles. The Balaban J connectivity index is 2.53. The first-order valence-corrected chi connectivity index (χ1v) is 3.07. The molecule has 0 aromatic carbocycles. The number of esters is 1. The number of carbonyl (C=O) groups excluding carboxylic acids is 1. The predicted octanol–water partition coefficient (Wildman–Crippen LogP) is 1.12. The molecule has 1 fully saturated rings. The Bertz CT molecular complexity index is 140. The summed E-state index contributed by atoms with van der Waals surface area (Å²) >= 11 is 0. The molecule has 0 aliphatic carbocycles. The Morgan fingerprint density at radius 3 is 2.78 bits per heavy atom. The Morgan fingerprint density at radius 1 is 1.89 bits per heavy atom. The summed E-state index contributed by atoms with van der Waals surface area (Å²) in [5.74, 6) is -0.0344. The fraction of sp³-hybridized carbons (Fsp3) is 0.571. The summed E-state index contributed by atoms with van der Waals surface area (Å²) in [6, 6.07) is 0. The number of hydrogen-bond acceptors (Lipinski definition) is 2. The molecular weight excluding hydrogens is 116 g/mol. The zero-order valence-corrected chi connectivity index (χ0v) is 5.46. The van der Waals surface area contributed by atoms with E-state index < -0.39 is 0 Å². The van der Waals surface area contributed by atoms with Gasteiger partial charge in [-0.25, -0.2) is 0 Å². The maximum atomic E-state index is 10.7. The molecule has 2 nitrogen and oxygen atoms in total. The molecule has 0 N–H and O–H groups in total. The van der Waals surface area contributed by atoms with Crippen LogP contribution in [0.3, 0.4) is 0 Å². The maximum absolute atomic E-state index is 10.7. The molecule has 2 atom stereocenters. The first kappa shape index (κ1) is 6.33. The van der Waals surface area contributed by atoms with Gasteiger partial charge in [-0.05, 0) is 0 Å². The van der Waals surface area contributed by atoms with Gasteiger partial charge in [-0.2, -0.15) is 0 Å². The third-order valence-corrected chi connectivity index (χ3v) is 1.52. The van der Waals surface area contributed by atoms with Crippen LogP contribution < -0.4 is 0 Å². The quantitative estimate of drug-likeness (QED) is 0.389. The van der Waals surface area contributed by atoms with Crippen LogP contribution in [0.5, 0.6) is 0 Å². The predicted molar refractivity (Wildman–Crippen MR) is 33.9 cm³/mol. The van der Waals surface area contributed by atoms with Gasteiger partial charge >= 0.3 is 5.97 Å². The van der Waals surface area contributed by atoms with Gasteiger partial charge in [-0.3, -0.25) is 4.79 Å². The van der Waals surface area contributed by atoms with E-state index in [1.54, 1.807) is 6.08 Å². The van der Waals surface area contributed by atoms with E-state index in [4.69, 9.17) is 4.74 Å². The highest BCUT2D eigenvalue weighted by Crippen LogP contribution is 2.20. The van der Waals surface area contributed by atoms with E-state index in [1.807, 2.05) is 6.92 Å². The average molecular weight is 126 g/mol. The number of carbonyl (C=O) groups is 1. The Morgan fingerprint density at radius 2 is 2.56 bits per heavy atom. The standard InChI is InChI=1S/C7H10O2/c1-3-6-4-5(2)7(8)9-6/h3,5-6H,1,4H2,2H3. The molecule has 0 radical (unpaired) electrons. The van der Waals surface area contributed by atoms with Crippen molar-refractivity contribution in [3.63, 3.8) is 0 Å². The smallest absolute Gasteiger partial charge is 0.309 e. The monoisotopic (exact) mass is 126 g/mol. The van der Waals surface area contributed by atoms with Crippen molar-refractivity contribution in [1.29, 1.82) is 0 Å². The minimum Gasteiger partial charge on any atom is -0.458 e. The van der Waals surface area contributed by atoms with Crippen LogP contribution in [0.1, 0.15) is 13.3 Å². The Hall–Kier alpha value is -0.790. The van der Waals surface area contributed by atoms with Gasteiger partial charge in [0.1, 0.15) is 6.10 Å². The van der Waals surface area contributed by atoms with Crippen LogP contribution in [0.25, 0.3) is 0 Å². The molecule has 0 spiro atoms. The molecule has 1 aliphatic heterocycles. The van der Waals surface area contributed by atoms with E-state index in [0.29, 0.717) is 0 Å². The van der Waals surface area contributed by atoms with Gasteiger partial charge < -0.3 is 4.74 Å². The molecule has 9 heavy (non-hydrogen) atoms. The van der Waals surface area contributed by atoms with Crippen molar-refractivity contribution in [2.75, 3.05) is 0 Å². The summed E-state index contributed by atoms with van der Waals surface area (Å²) in [5, 5.41) is 0. The third-order valence-electron chi connectivity index (χ3n) is 1.52. The summed E-state index contributed by atoms with van der Waals surface area (Å²) in [4.78, 5) is 10.7. The number of rotatable bonds is 1. The SMILES string of the molecule is C=CC1CC(C)C(=O)O1. The molecule has 1 saturated heterocycles. The van der Waals surface area contributed by atoms with Crippen LogP contribution in [0, 0.1) is 5.92 Å². The highest BCUT2D eigenvalue weighted by atomic mass is 16.5. The second-order valence-corrected chi connectivity index (χ2v) is 2.35. The van der Waals surface area contributed by atoms with Crippen LogP contribution in [0.4, 0.5) is 0 Å². The molecule has 2 heteroatoms. The normalized spacial score (nSPS) is 34.1. The van der Waals surface area contributed by atoms with Gasteiger partial charge in [0, 0.05) is 6.42 Å².